The summed E-state index contributed by atoms with van der Waals surface area (Å²) in [5, 5.41) is 5.11. The van der Waals surface area contributed by atoms with Crippen LogP contribution in [0, 0.1) is 5.82 Å². The van der Waals surface area contributed by atoms with Gasteiger partial charge in [0, 0.05) is 24.8 Å². The normalized spacial score (nSPS) is 12.7. The largest absolute Gasteiger partial charge is 0.323 e. The lowest BCUT2D eigenvalue weighted by atomic mass is 10.1. The maximum atomic E-state index is 13.5. The first kappa shape index (κ1) is 15.0. The van der Waals surface area contributed by atoms with Crippen LogP contribution in [0.15, 0.2) is 42.5 Å². The maximum absolute atomic E-state index is 13.5. The zero-order valence-electron chi connectivity index (χ0n) is 12.6. The number of nitrogens with zero attached hydrogens (tertiary/aromatic N) is 1. The summed E-state index contributed by atoms with van der Waals surface area (Å²) < 4.78 is 13.5. The smallest absolute Gasteiger partial charge is 0.312 e. The van der Waals surface area contributed by atoms with Gasteiger partial charge in [-0.25, -0.2) is 9.18 Å². The van der Waals surface area contributed by atoms with Gasteiger partial charge < -0.3 is 15.5 Å². The van der Waals surface area contributed by atoms with Gasteiger partial charge in [0.25, 0.3) is 0 Å². The van der Waals surface area contributed by atoms with Crippen LogP contribution in [0.4, 0.5) is 26.2 Å². The maximum Gasteiger partial charge on any atom is 0.323 e. The second-order valence-corrected chi connectivity index (χ2v) is 5.32. The number of nitrogens with one attached hydrogen (secondary N) is 2. The Morgan fingerprint density at radius 2 is 1.91 bits per heavy atom. The van der Waals surface area contributed by atoms with Gasteiger partial charge in [-0.2, -0.15) is 0 Å². The number of urea groups is 1. The van der Waals surface area contributed by atoms with Crippen LogP contribution in [0.1, 0.15) is 12.5 Å². The minimum absolute atomic E-state index is 0.0308. The van der Waals surface area contributed by atoms with E-state index >= 15 is 0 Å². The molecule has 2 N–H and O–H groups in total. The highest BCUT2D eigenvalue weighted by molar-refractivity contribution is 6.01. The van der Waals surface area contributed by atoms with Gasteiger partial charge in [0.2, 0.25) is 5.91 Å². The van der Waals surface area contributed by atoms with Gasteiger partial charge in [-0.15, -0.1) is 0 Å². The average molecular weight is 313 g/mol. The molecule has 5 nitrogen and oxygen atoms in total. The number of para-hydroxylation sites is 1. The molecule has 3 rings (SSSR count). The molecule has 1 aliphatic rings. The summed E-state index contributed by atoms with van der Waals surface area (Å²) in [4.78, 5) is 25.3. The Bertz CT molecular complexity index is 776. The monoisotopic (exact) mass is 313 g/mol. The molecule has 0 aromatic heterocycles. The van der Waals surface area contributed by atoms with Crippen LogP contribution in [0.3, 0.4) is 0 Å². The molecule has 0 spiro atoms. The molecule has 0 unspecified atom stereocenters. The van der Waals surface area contributed by atoms with Crippen LogP contribution < -0.4 is 15.5 Å². The number of carbonyl (C=O) groups is 2. The first-order valence-electron chi connectivity index (χ1n) is 7.28. The zero-order valence-corrected chi connectivity index (χ0v) is 12.6. The Balaban J connectivity index is 1.74. The summed E-state index contributed by atoms with van der Waals surface area (Å²) in [5.41, 5.74) is 2.53. The number of anilines is 3. The quantitative estimate of drug-likeness (QED) is 0.893. The van der Waals surface area contributed by atoms with Crippen LogP contribution in [-0.2, 0) is 11.2 Å². The molecule has 1 aliphatic heterocycles. The van der Waals surface area contributed by atoms with Gasteiger partial charge in [0.15, 0.2) is 0 Å². The van der Waals surface area contributed by atoms with Crippen LogP contribution in [0.25, 0.3) is 0 Å². The molecule has 23 heavy (non-hydrogen) atoms. The van der Waals surface area contributed by atoms with E-state index in [9.17, 15) is 14.0 Å². The summed E-state index contributed by atoms with van der Waals surface area (Å²) in [7, 11) is 0. The fourth-order valence-corrected chi connectivity index (χ4v) is 2.63. The van der Waals surface area contributed by atoms with Gasteiger partial charge in [-0.3, -0.25) is 4.79 Å². The average Bonchev–Trinajstić information content (AvgIpc) is 2.93. The lowest BCUT2D eigenvalue weighted by Gasteiger charge is -2.16. The SMILES string of the molecule is CC(=O)N1CCc2ccc(NC(=O)Nc3ccccc3F)cc21. The molecule has 3 amide bonds. The molecule has 0 radical (unpaired) electrons. The lowest BCUT2D eigenvalue weighted by molar-refractivity contribution is -0.116. The molecular weight excluding hydrogens is 297 g/mol. The highest BCUT2D eigenvalue weighted by Gasteiger charge is 2.22. The van der Waals surface area contributed by atoms with E-state index in [1.165, 1.54) is 19.1 Å². The molecule has 0 saturated heterocycles. The second kappa shape index (κ2) is 6.08. The van der Waals surface area contributed by atoms with E-state index in [1.807, 2.05) is 6.07 Å². The summed E-state index contributed by atoms with van der Waals surface area (Å²) in [6.45, 7) is 2.16. The van der Waals surface area contributed by atoms with Gasteiger partial charge in [-0.1, -0.05) is 18.2 Å². The van der Waals surface area contributed by atoms with Crippen LogP contribution in [0.5, 0.6) is 0 Å². The number of benzene rings is 2. The molecule has 1 heterocycles. The Kier molecular flexibility index (Phi) is 3.97. The molecular formula is C17H16FN3O2. The molecule has 2 aromatic rings. The van der Waals surface area contributed by atoms with Crippen LogP contribution in [-0.4, -0.2) is 18.5 Å². The van der Waals surface area contributed by atoms with E-state index in [0.717, 1.165) is 17.7 Å². The first-order chi connectivity index (χ1) is 11.0. The Hall–Kier alpha value is -2.89. The van der Waals surface area contributed by atoms with E-state index in [1.54, 1.807) is 29.2 Å². The lowest BCUT2D eigenvalue weighted by Crippen LogP contribution is -2.26. The fraction of sp³-hybridized carbons (Fsp3) is 0.176. The molecule has 2 aromatic carbocycles. The van der Waals surface area contributed by atoms with Crippen molar-refractivity contribution in [3.63, 3.8) is 0 Å². The third-order valence-electron chi connectivity index (χ3n) is 3.74. The van der Waals surface area contributed by atoms with Crippen molar-refractivity contribution in [2.24, 2.45) is 0 Å². The molecule has 0 aliphatic carbocycles. The van der Waals surface area contributed by atoms with Crippen molar-refractivity contribution in [1.82, 2.24) is 0 Å². The summed E-state index contributed by atoms with van der Waals surface area (Å²) in [6.07, 6.45) is 0.802. The van der Waals surface area contributed by atoms with E-state index in [0.29, 0.717) is 12.2 Å². The second-order valence-electron chi connectivity index (χ2n) is 5.32. The summed E-state index contributed by atoms with van der Waals surface area (Å²) >= 11 is 0. The van der Waals surface area contributed by atoms with E-state index in [2.05, 4.69) is 10.6 Å². The van der Waals surface area contributed by atoms with E-state index in [4.69, 9.17) is 0 Å². The molecule has 0 saturated carbocycles. The minimum Gasteiger partial charge on any atom is -0.312 e. The first-order valence-corrected chi connectivity index (χ1v) is 7.28. The Morgan fingerprint density at radius 3 is 2.65 bits per heavy atom. The number of hydrogen-bond donors (Lipinski definition) is 2. The number of carbonyl (C=O) groups excluding carboxylic acids is 2. The third-order valence-corrected chi connectivity index (χ3v) is 3.74. The number of amides is 3. The number of rotatable bonds is 2. The fourth-order valence-electron chi connectivity index (χ4n) is 2.63. The van der Waals surface area contributed by atoms with Crippen molar-refractivity contribution >= 4 is 29.0 Å². The standard InChI is InChI=1S/C17H16FN3O2/c1-11(22)21-9-8-12-6-7-13(10-16(12)21)19-17(23)20-15-5-3-2-4-14(15)18/h2-7,10H,8-9H2,1H3,(H2,19,20,23). The number of fused-ring (bicyclic) bond motifs is 1. The van der Waals surface area contributed by atoms with Gasteiger partial charge in [0.05, 0.1) is 5.69 Å². The summed E-state index contributed by atoms with van der Waals surface area (Å²) in [5.74, 6) is -0.531. The van der Waals surface area contributed by atoms with Crippen molar-refractivity contribution in [3.8, 4) is 0 Å². The molecule has 6 heteroatoms. The zero-order chi connectivity index (χ0) is 16.4. The van der Waals surface area contributed by atoms with Gasteiger partial charge in [-0.05, 0) is 36.2 Å². The predicted molar refractivity (Wildman–Crippen MR) is 87.2 cm³/mol. The highest BCUT2D eigenvalue weighted by Crippen LogP contribution is 2.31. The van der Waals surface area contributed by atoms with Gasteiger partial charge in [0.1, 0.15) is 5.82 Å². The highest BCUT2D eigenvalue weighted by atomic mass is 19.1. The van der Waals surface area contributed by atoms with E-state index < -0.39 is 11.8 Å². The predicted octanol–water partition coefficient (Wildman–Crippen LogP) is 3.38. The van der Waals surface area contributed by atoms with Crippen molar-refractivity contribution in [1.29, 1.82) is 0 Å². The van der Waals surface area contributed by atoms with Crippen molar-refractivity contribution in [3.05, 3.63) is 53.8 Å². The molecule has 0 atom stereocenters. The molecule has 0 fully saturated rings. The van der Waals surface area contributed by atoms with Crippen molar-refractivity contribution in [2.75, 3.05) is 22.1 Å². The molecule has 0 bridgehead atoms. The Labute approximate surface area is 133 Å². The van der Waals surface area contributed by atoms with Gasteiger partial charge >= 0.3 is 6.03 Å². The topological polar surface area (TPSA) is 61.4 Å². The van der Waals surface area contributed by atoms with Crippen molar-refractivity contribution < 1.29 is 14.0 Å². The Morgan fingerprint density at radius 1 is 1.13 bits per heavy atom. The number of halogens is 1. The van der Waals surface area contributed by atoms with Crippen LogP contribution in [0.2, 0.25) is 0 Å². The number of hydrogen-bond acceptors (Lipinski definition) is 2. The van der Waals surface area contributed by atoms with Crippen LogP contribution >= 0.6 is 0 Å². The molecule has 118 valence electrons. The van der Waals surface area contributed by atoms with E-state index in [-0.39, 0.29) is 11.6 Å². The third kappa shape index (κ3) is 3.15. The summed E-state index contributed by atoms with van der Waals surface area (Å²) in [6, 6.07) is 10.8. The minimum atomic E-state index is -0.539. The van der Waals surface area contributed by atoms with Crippen molar-refractivity contribution in [2.45, 2.75) is 13.3 Å².